The third-order valence-electron chi connectivity index (χ3n) is 3.59. The Balaban J connectivity index is 1.89. The molecular weight excluding hydrogens is 456 g/mol. The standard InChI is InChI=1S/C17H16N2O6S4/c1-2-6-15(20)25-16-10-18-17(27-16)19(28(21)22)14-9-13(11-26-14)29(23,24)12-7-4-3-5-8-12/h3-5,7-11H,2,6H2,1H3,(H,21,22)/p-1. The summed E-state index contributed by atoms with van der Waals surface area (Å²) in [5.74, 6) is -0.440. The fourth-order valence-electron chi connectivity index (χ4n) is 2.28. The van der Waals surface area contributed by atoms with Gasteiger partial charge in [0.1, 0.15) is 5.00 Å². The zero-order chi connectivity index (χ0) is 21.0. The quantitative estimate of drug-likeness (QED) is 0.363. The molecule has 0 spiro atoms. The monoisotopic (exact) mass is 471 g/mol. The Morgan fingerprint density at radius 1 is 1.28 bits per heavy atom. The molecule has 8 nitrogen and oxygen atoms in total. The highest BCUT2D eigenvalue weighted by molar-refractivity contribution is 7.91. The Labute approximate surface area is 178 Å². The number of anilines is 2. The van der Waals surface area contributed by atoms with Crippen molar-refractivity contribution in [2.75, 3.05) is 4.31 Å². The van der Waals surface area contributed by atoms with Gasteiger partial charge in [0.05, 0.1) is 27.3 Å². The number of esters is 1. The highest BCUT2D eigenvalue weighted by Gasteiger charge is 2.23. The number of rotatable bonds is 8. The summed E-state index contributed by atoms with van der Waals surface area (Å²) in [5.41, 5.74) is 0. The van der Waals surface area contributed by atoms with E-state index in [-0.39, 0.29) is 31.4 Å². The molecule has 2 heterocycles. The van der Waals surface area contributed by atoms with Crippen molar-refractivity contribution >= 4 is 59.9 Å². The third-order valence-corrected chi connectivity index (χ3v) is 8.16. The lowest BCUT2D eigenvalue weighted by Gasteiger charge is -2.21. The second-order valence-corrected chi connectivity index (χ2v) is 10.2. The molecule has 0 aliphatic heterocycles. The van der Waals surface area contributed by atoms with Crippen molar-refractivity contribution in [2.45, 2.75) is 29.6 Å². The minimum Gasteiger partial charge on any atom is -0.755 e. The lowest BCUT2D eigenvalue weighted by molar-refractivity contribution is -0.134. The molecule has 0 N–H and O–H groups in total. The minimum absolute atomic E-state index is 0.0229. The van der Waals surface area contributed by atoms with E-state index < -0.39 is 27.1 Å². The number of benzene rings is 1. The van der Waals surface area contributed by atoms with Gasteiger partial charge < -0.3 is 9.29 Å². The van der Waals surface area contributed by atoms with E-state index in [0.29, 0.717) is 6.42 Å². The van der Waals surface area contributed by atoms with Crippen LogP contribution in [0.25, 0.3) is 0 Å². The molecule has 1 aromatic carbocycles. The van der Waals surface area contributed by atoms with Gasteiger partial charge in [-0.25, -0.2) is 17.7 Å². The molecule has 0 amide bonds. The van der Waals surface area contributed by atoms with Crippen LogP contribution in [0.2, 0.25) is 0 Å². The number of hydrogen-bond acceptors (Lipinski definition) is 9. The SMILES string of the molecule is CCCC(=O)Oc1cnc(N(c2cc(S(=O)(=O)c3ccccc3)cs2)S(=O)[O-])s1. The Bertz CT molecular complexity index is 1120. The first-order valence-electron chi connectivity index (χ1n) is 8.27. The van der Waals surface area contributed by atoms with Crippen LogP contribution in [0.3, 0.4) is 0 Å². The van der Waals surface area contributed by atoms with Gasteiger partial charge in [0, 0.05) is 11.8 Å². The van der Waals surface area contributed by atoms with Gasteiger partial charge in [-0.2, -0.15) is 0 Å². The highest BCUT2D eigenvalue weighted by atomic mass is 32.2. The molecule has 0 aliphatic carbocycles. The number of carbonyl (C=O) groups is 1. The van der Waals surface area contributed by atoms with E-state index in [9.17, 15) is 22.0 Å². The minimum atomic E-state index is -3.78. The normalized spacial score (nSPS) is 12.5. The van der Waals surface area contributed by atoms with Gasteiger partial charge in [0.15, 0.2) is 0 Å². The lowest BCUT2D eigenvalue weighted by Crippen LogP contribution is -2.18. The largest absolute Gasteiger partial charge is 0.755 e. The summed E-state index contributed by atoms with van der Waals surface area (Å²) in [7, 11) is -3.78. The molecule has 3 aromatic rings. The first-order valence-corrected chi connectivity index (χ1v) is 12.5. The molecule has 1 unspecified atom stereocenters. The first kappa shape index (κ1) is 21.6. The molecule has 1 atom stereocenters. The summed E-state index contributed by atoms with van der Waals surface area (Å²) in [4.78, 5) is 15.7. The van der Waals surface area contributed by atoms with E-state index >= 15 is 0 Å². The van der Waals surface area contributed by atoms with Crippen LogP contribution in [0.4, 0.5) is 10.1 Å². The van der Waals surface area contributed by atoms with Crippen LogP contribution in [0.1, 0.15) is 19.8 Å². The Morgan fingerprint density at radius 2 is 2.00 bits per heavy atom. The molecule has 0 saturated carbocycles. The van der Waals surface area contributed by atoms with Crippen molar-refractivity contribution in [3.05, 3.63) is 48.0 Å². The van der Waals surface area contributed by atoms with E-state index in [1.165, 1.54) is 29.8 Å². The summed E-state index contributed by atoms with van der Waals surface area (Å²) in [6.45, 7) is 1.83. The highest BCUT2D eigenvalue weighted by Crippen LogP contribution is 2.39. The summed E-state index contributed by atoms with van der Waals surface area (Å²) in [6, 6.07) is 9.12. The molecule has 3 rings (SSSR count). The number of sulfone groups is 1. The summed E-state index contributed by atoms with van der Waals surface area (Å²) in [5, 5.41) is 1.70. The van der Waals surface area contributed by atoms with Crippen LogP contribution in [-0.2, 0) is 25.9 Å². The van der Waals surface area contributed by atoms with Crippen molar-refractivity contribution in [3.8, 4) is 5.06 Å². The molecule has 12 heteroatoms. The number of ether oxygens (including phenoxy) is 1. The molecule has 0 saturated heterocycles. The van der Waals surface area contributed by atoms with Crippen LogP contribution in [0.5, 0.6) is 5.06 Å². The smallest absolute Gasteiger partial charge is 0.312 e. The summed E-state index contributed by atoms with van der Waals surface area (Å²) in [6.07, 6.45) is 2.10. The van der Waals surface area contributed by atoms with Gasteiger partial charge in [0.25, 0.3) is 0 Å². The average molecular weight is 472 g/mol. The fourth-order valence-corrected chi connectivity index (χ4v) is 6.49. The van der Waals surface area contributed by atoms with Crippen LogP contribution >= 0.6 is 22.7 Å². The molecular formula is C17H15N2O6S4-. The number of thiophene rings is 1. The van der Waals surface area contributed by atoms with E-state index in [0.717, 1.165) is 27.0 Å². The van der Waals surface area contributed by atoms with Gasteiger partial charge in [-0.05, 0) is 24.6 Å². The Kier molecular flexibility index (Phi) is 6.80. The van der Waals surface area contributed by atoms with Crippen molar-refractivity contribution in [3.63, 3.8) is 0 Å². The van der Waals surface area contributed by atoms with Crippen LogP contribution in [0, 0.1) is 0 Å². The zero-order valence-corrected chi connectivity index (χ0v) is 18.3. The Hall–Kier alpha value is -2.12. The number of nitrogens with zero attached hydrogens (tertiary/aromatic N) is 2. The van der Waals surface area contributed by atoms with Crippen molar-refractivity contribution < 1.29 is 26.7 Å². The van der Waals surface area contributed by atoms with Crippen molar-refractivity contribution in [1.82, 2.24) is 4.98 Å². The molecule has 154 valence electrons. The van der Waals surface area contributed by atoms with E-state index in [4.69, 9.17) is 4.74 Å². The lowest BCUT2D eigenvalue weighted by atomic mass is 10.3. The van der Waals surface area contributed by atoms with Crippen LogP contribution < -0.4 is 9.04 Å². The van der Waals surface area contributed by atoms with E-state index in [1.807, 2.05) is 6.92 Å². The van der Waals surface area contributed by atoms with Gasteiger partial charge in [-0.15, -0.1) is 11.3 Å². The topological polar surface area (TPSA) is 117 Å². The molecule has 0 aliphatic rings. The predicted molar refractivity (Wildman–Crippen MR) is 110 cm³/mol. The van der Waals surface area contributed by atoms with E-state index in [2.05, 4.69) is 4.98 Å². The number of aromatic nitrogens is 1. The summed E-state index contributed by atoms with van der Waals surface area (Å²) >= 11 is -0.946. The third kappa shape index (κ3) is 4.90. The number of thiazole rings is 1. The van der Waals surface area contributed by atoms with Gasteiger partial charge in [-0.1, -0.05) is 36.5 Å². The van der Waals surface area contributed by atoms with Gasteiger partial charge >= 0.3 is 5.97 Å². The second-order valence-electron chi connectivity index (χ2n) is 5.63. The molecule has 2 aromatic heterocycles. The van der Waals surface area contributed by atoms with Crippen molar-refractivity contribution in [1.29, 1.82) is 0 Å². The maximum Gasteiger partial charge on any atom is 0.312 e. The van der Waals surface area contributed by atoms with Crippen LogP contribution in [0.15, 0.2) is 57.8 Å². The van der Waals surface area contributed by atoms with E-state index in [1.54, 1.807) is 18.2 Å². The predicted octanol–water partition coefficient (Wildman–Crippen LogP) is 3.68. The van der Waals surface area contributed by atoms with Gasteiger partial charge in [0.2, 0.25) is 20.0 Å². The zero-order valence-electron chi connectivity index (χ0n) is 15.0. The molecule has 29 heavy (non-hydrogen) atoms. The van der Waals surface area contributed by atoms with Crippen molar-refractivity contribution in [2.24, 2.45) is 0 Å². The number of carbonyl (C=O) groups excluding carboxylic acids is 1. The average Bonchev–Trinajstić information content (AvgIpc) is 3.33. The fraction of sp³-hybridized carbons (Fsp3) is 0.176. The maximum absolute atomic E-state index is 12.7. The maximum atomic E-state index is 12.7. The first-order chi connectivity index (χ1) is 13.8. The number of hydrogen-bond donors (Lipinski definition) is 0. The van der Waals surface area contributed by atoms with Gasteiger partial charge in [-0.3, -0.25) is 9.00 Å². The van der Waals surface area contributed by atoms with Crippen LogP contribution in [-0.4, -0.2) is 28.1 Å². The molecule has 0 bridgehead atoms. The molecule has 0 radical (unpaired) electrons. The Morgan fingerprint density at radius 3 is 2.66 bits per heavy atom. The second kappa shape index (κ2) is 9.13. The summed E-state index contributed by atoms with van der Waals surface area (Å²) < 4.78 is 55.0. The molecule has 0 fully saturated rings.